The molecule has 0 saturated heterocycles. The zero-order valence-corrected chi connectivity index (χ0v) is 31.5. The summed E-state index contributed by atoms with van der Waals surface area (Å²) >= 11 is 0. The quantitative estimate of drug-likeness (QED) is 0.176. The number of aromatic nitrogens is 2. The molecule has 0 fully saturated rings. The third kappa shape index (κ3) is 5.75. The summed E-state index contributed by atoms with van der Waals surface area (Å²) in [4.78, 5) is 0. The Morgan fingerprint density at radius 1 is 0.447 bits per heavy atom. The molecule has 2 nitrogen and oxygen atoms in total. The van der Waals surface area contributed by atoms with E-state index < -0.39 is 0 Å². The summed E-state index contributed by atoms with van der Waals surface area (Å²) in [5.41, 5.74) is 11.6. The summed E-state index contributed by atoms with van der Waals surface area (Å²) in [7, 11) is 0. The molecule has 2 aromatic heterocycles. The standard InChI is InChI=1S/2C21H18N.2ClH.Hf/c2*1-2-8-16-14-17(13-15(16)7-1)22-20-11-5-3-9-18(20)19-10-4-6-12-21(19)22;;;/h2*1-3,5,7-9,11,13-14H,4,6,10,12H2;2*1H;/q2*-1;;;+4/p-2. The Morgan fingerprint density at radius 2 is 0.830 bits per heavy atom. The molecule has 0 saturated carbocycles. The molecule has 0 atom stereocenters. The van der Waals surface area contributed by atoms with E-state index in [1.165, 1.54) is 117 Å². The molecule has 232 valence electrons. The van der Waals surface area contributed by atoms with Crippen molar-refractivity contribution in [2.45, 2.75) is 51.4 Å². The Bertz CT molecular complexity index is 2080. The number of hydrogen-bond acceptors (Lipinski definition) is 0. The van der Waals surface area contributed by atoms with E-state index in [1.54, 1.807) is 11.1 Å². The van der Waals surface area contributed by atoms with Crippen molar-refractivity contribution in [3.8, 4) is 11.4 Å². The minimum Gasteiger partial charge on any atom is -1.00 e. The minimum atomic E-state index is 0. The van der Waals surface area contributed by atoms with Gasteiger partial charge in [-0.2, -0.15) is 0 Å². The maximum absolute atomic E-state index is 2.50. The van der Waals surface area contributed by atoms with Crippen LogP contribution in [0.4, 0.5) is 0 Å². The van der Waals surface area contributed by atoms with Gasteiger partial charge in [-0.15, -0.1) is 82.2 Å². The van der Waals surface area contributed by atoms with Crippen LogP contribution in [0.2, 0.25) is 0 Å². The number of halogens is 2. The zero-order chi connectivity index (χ0) is 29.0. The molecular weight excluding hydrogens is 782 g/mol. The number of hydrogen-bond donors (Lipinski definition) is 0. The van der Waals surface area contributed by atoms with Gasteiger partial charge in [0.05, 0.1) is 11.0 Å². The smallest absolute Gasteiger partial charge is 1.00 e. The first kappa shape index (κ1) is 33.5. The molecule has 0 aliphatic heterocycles. The van der Waals surface area contributed by atoms with E-state index >= 15 is 0 Å². The fraction of sp³-hybridized carbons (Fsp3) is 0.190. The van der Waals surface area contributed by atoms with Gasteiger partial charge < -0.3 is 33.9 Å². The van der Waals surface area contributed by atoms with Crippen molar-refractivity contribution >= 4 is 43.4 Å². The average Bonchev–Trinajstić information content (AvgIpc) is 3.85. The van der Waals surface area contributed by atoms with Crippen molar-refractivity contribution in [3.63, 3.8) is 0 Å². The Labute approximate surface area is 307 Å². The molecule has 0 radical (unpaired) electrons. The Hall–Kier alpha value is -3.37. The van der Waals surface area contributed by atoms with Gasteiger partial charge in [-0.1, -0.05) is 48.5 Å². The van der Waals surface area contributed by atoms with Crippen LogP contribution >= 0.6 is 0 Å². The van der Waals surface area contributed by atoms with Crippen LogP contribution in [0.25, 0.3) is 54.7 Å². The maximum Gasteiger partial charge on any atom is 4.00 e. The third-order valence-corrected chi connectivity index (χ3v) is 10.1. The second-order valence-electron chi connectivity index (χ2n) is 12.7. The van der Waals surface area contributed by atoms with Gasteiger partial charge in [0.1, 0.15) is 0 Å². The van der Waals surface area contributed by atoms with E-state index in [0.717, 1.165) is 0 Å². The normalized spacial score (nSPS) is 13.6. The van der Waals surface area contributed by atoms with Gasteiger partial charge in [0, 0.05) is 22.2 Å². The molecule has 2 aliphatic carbocycles. The first-order chi connectivity index (χ1) is 21.8. The summed E-state index contributed by atoms with van der Waals surface area (Å²) in [5, 5.41) is 8.23. The predicted octanol–water partition coefficient (Wildman–Crippen LogP) is 4.77. The topological polar surface area (TPSA) is 9.86 Å². The summed E-state index contributed by atoms with van der Waals surface area (Å²) in [6.45, 7) is 0. The Morgan fingerprint density at radius 3 is 1.28 bits per heavy atom. The molecule has 2 heterocycles. The molecule has 10 rings (SSSR count). The zero-order valence-electron chi connectivity index (χ0n) is 26.4. The number of benzene rings is 4. The Balaban J connectivity index is 0.000000155. The minimum absolute atomic E-state index is 0. The van der Waals surface area contributed by atoms with E-state index in [0.29, 0.717) is 0 Å². The molecule has 0 spiro atoms. The van der Waals surface area contributed by atoms with Crippen molar-refractivity contribution in [1.82, 2.24) is 9.13 Å². The first-order valence-electron chi connectivity index (χ1n) is 16.4. The first-order valence-corrected chi connectivity index (χ1v) is 16.4. The van der Waals surface area contributed by atoms with Crippen LogP contribution in [0.15, 0.2) is 121 Å². The predicted molar refractivity (Wildman–Crippen MR) is 186 cm³/mol. The van der Waals surface area contributed by atoms with Crippen LogP contribution in [0.5, 0.6) is 0 Å². The van der Waals surface area contributed by atoms with Gasteiger partial charge in [0.25, 0.3) is 0 Å². The van der Waals surface area contributed by atoms with Gasteiger partial charge in [-0.25, -0.2) is 0 Å². The molecule has 8 aromatic rings. The average molecular weight is 818 g/mol. The number of aryl methyl sites for hydroxylation is 2. The van der Waals surface area contributed by atoms with Crippen molar-refractivity contribution in [3.05, 3.63) is 144 Å². The molecular formula is C42H36Cl2HfN2. The number of rotatable bonds is 2. The number of para-hydroxylation sites is 2. The van der Waals surface area contributed by atoms with E-state index in [2.05, 4.69) is 130 Å². The number of nitrogens with zero attached hydrogens (tertiary/aromatic N) is 2. The summed E-state index contributed by atoms with van der Waals surface area (Å²) in [5.74, 6) is 0. The van der Waals surface area contributed by atoms with Gasteiger partial charge in [0.2, 0.25) is 0 Å². The molecule has 2 aliphatic rings. The van der Waals surface area contributed by atoms with Crippen LogP contribution in [0.1, 0.15) is 48.2 Å². The second kappa shape index (κ2) is 14.0. The molecule has 0 bridgehead atoms. The van der Waals surface area contributed by atoms with E-state index in [9.17, 15) is 0 Å². The van der Waals surface area contributed by atoms with Crippen LogP contribution in [-0.2, 0) is 51.5 Å². The molecule has 6 aromatic carbocycles. The van der Waals surface area contributed by atoms with Gasteiger partial charge in [0.15, 0.2) is 0 Å². The van der Waals surface area contributed by atoms with E-state index in [-0.39, 0.29) is 50.7 Å². The van der Waals surface area contributed by atoms with Gasteiger partial charge in [-0.3, -0.25) is 0 Å². The fourth-order valence-corrected chi connectivity index (χ4v) is 8.11. The molecule has 0 unspecified atom stereocenters. The van der Waals surface area contributed by atoms with Crippen molar-refractivity contribution in [2.75, 3.05) is 0 Å². The van der Waals surface area contributed by atoms with E-state index in [1.807, 2.05) is 0 Å². The van der Waals surface area contributed by atoms with Crippen molar-refractivity contribution in [2.24, 2.45) is 0 Å². The molecule has 5 heteroatoms. The van der Waals surface area contributed by atoms with Crippen LogP contribution in [-0.4, -0.2) is 9.13 Å². The molecule has 0 N–H and O–H groups in total. The molecule has 47 heavy (non-hydrogen) atoms. The fourth-order valence-electron chi connectivity index (χ4n) is 8.11. The maximum atomic E-state index is 2.50. The van der Waals surface area contributed by atoms with Crippen LogP contribution in [0, 0.1) is 0 Å². The summed E-state index contributed by atoms with van der Waals surface area (Å²) < 4.78 is 5.01. The van der Waals surface area contributed by atoms with E-state index in [4.69, 9.17) is 0 Å². The van der Waals surface area contributed by atoms with Gasteiger partial charge >= 0.3 is 25.8 Å². The number of fused-ring (bicyclic) bond motifs is 8. The van der Waals surface area contributed by atoms with Crippen molar-refractivity contribution in [1.29, 1.82) is 0 Å². The SMILES string of the molecule is [Cl-].[Cl-].[Hf+4].c1ccc2[cH-]c(-n3c4c(c5ccccc53)CCCC4)cc2c1.c1ccc2[cH-]c(-n3c4c(c5ccccc53)CCCC4)cc2c1. The second-order valence-corrected chi connectivity index (χ2v) is 12.7. The monoisotopic (exact) mass is 818 g/mol. The van der Waals surface area contributed by atoms with Crippen LogP contribution < -0.4 is 24.8 Å². The summed E-state index contributed by atoms with van der Waals surface area (Å²) in [6.07, 6.45) is 10.1. The largest absolute Gasteiger partial charge is 4.00 e. The molecule has 0 amide bonds. The third-order valence-electron chi connectivity index (χ3n) is 10.1. The van der Waals surface area contributed by atoms with Crippen molar-refractivity contribution < 1.29 is 50.7 Å². The van der Waals surface area contributed by atoms with Gasteiger partial charge in [-0.05, 0) is 86.0 Å². The van der Waals surface area contributed by atoms with Crippen LogP contribution in [0.3, 0.4) is 0 Å². The Kier molecular flexibility index (Phi) is 9.99. The summed E-state index contributed by atoms with van der Waals surface area (Å²) in [6, 6.07) is 44.4.